The molecule has 2 heterocycles. The molecule has 4 rings (SSSR count). The van der Waals surface area contributed by atoms with E-state index in [1.807, 2.05) is 55.5 Å². The van der Waals surface area contributed by atoms with E-state index in [0.717, 1.165) is 24.9 Å². The summed E-state index contributed by atoms with van der Waals surface area (Å²) < 4.78 is 10.8. The van der Waals surface area contributed by atoms with Crippen molar-refractivity contribution in [2.45, 2.75) is 26.3 Å². The quantitative estimate of drug-likeness (QED) is 0.669. The Kier molecular flexibility index (Phi) is 6.09. The molecule has 0 spiro atoms. The number of piperidine rings is 1. The highest BCUT2D eigenvalue weighted by Gasteiger charge is 2.27. The van der Waals surface area contributed by atoms with Crippen molar-refractivity contribution in [1.29, 1.82) is 0 Å². The average Bonchev–Trinajstić information content (AvgIpc) is 3.23. The normalized spacial score (nSPS) is 16.9. The molecular formula is C23H26N4O3. The Balaban J connectivity index is 1.37. The Bertz CT molecular complexity index is 1000. The standard InChI is InChI=1S/C23H26N4O3/c1-16-9-11-17(12-10-16)23-25-21(26-30-23)15-27-13-5-6-18(14-27)22(28)24-19-7-3-4-8-20(19)29-2/h3-4,7-12,18H,5-6,13-15H2,1-2H3,(H,24,28)/t18-/m0/s1. The Morgan fingerprint density at radius 3 is 2.83 bits per heavy atom. The van der Waals surface area contributed by atoms with Crippen LogP contribution in [0.4, 0.5) is 5.69 Å². The first-order chi connectivity index (χ1) is 14.6. The van der Waals surface area contributed by atoms with Crippen LogP contribution in [0, 0.1) is 12.8 Å². The summed E-state index contributed by atoms with van der Waals surface area (Å²) in [5, 5.41) is 7.13. The van der Waals surface area contributed by atoms with Gasteiger partial charge in [0.05, 0.1) is 25.3 Å². The number of rotatable bonds is 6. The molecule has 1 fully saturated rings. The third kappa shape index (κ3) is 4.68. The first kappa shape index (κ1) is 20.1. The lowest BCUT2D eigenvalue weighted by atomic mass is 9.97. The number of hydrogen-bond acceptors (Lipinski definition) is 6. The number of para-hydroxylation sites is 2. The maximum absolute atomic E-state index is 12.8. The van der Waals surface area contributed by atoms with Gasteiger partial charge in [0.15, 0.2) is 5.82 Å². The zero-order chi connectivity index (χ0) is 20.9. The summed E-state index contributed by atoms with van der Waals surface area (Å²) in [6.45, 7) is 4.18. The molecule has 2 aromatic carbocycles. The van der Waals surface area contributed by atoms with Crippen LogP contribution in [0.15, 0.2) is 53.1 Å². The molecule has 7 nitrogen and oxygen atoms in total. The average molecular weight is 406 g/mol. The molecule has 1 N–H and O–H groups in total. The molecule has 0 saturated carbocycles. The van der Waals surface area contributed by atoms with Gasteiger partial charge in [-0.15, -0.1) is 0 Å². The topological polar surface area (TPSA) is 80.5 Å². The number of ether oxygens (including phenoxy) is 1. The zero-order valence-corrected chi connectivity index (χ0v) is 17.3. The van der Waals surface area contributed by atoms with Crippen LogP contribution in [-0.2, 0) is 11.3 Å². The number of anilines is 1. The Labute approximate surface area is 176 Å². The number of nitrogens with zero attached hydrogens (tertiary/aromatic N) is 3. The van der Waals surface area contributed by atoms with Gasteiger partial charge in [0.2, 0.25) is 5.91 Å². The van der Waals surface area contributed by atoms with Gasteiger partial charge in [-0.3, -0.25) is 9.69 Å². The van der Waals surface area contributed by atoms with Crippen LogP contribution in [0.25, 0.3) is 11.5 Å². The fourth-order valence-electron chi connectivity index (χ4n) is 3.73. The van der Waals surface area contributed by atoms with E-state index in [2.05, 4.69) is 20.4 Å². The minimum Gasteiger partial charge on any atom is -0.495 e. The molecule has 0 unspecified atom stereocenters. The second-order valence-corrected chi connectivity index (χ2v) is 7.65. The minimum atomic E-state index is -0.0906. The number of nitrogens with one attached hydrogen (secondary N) is 1. The van der Waals surface area contributed by atoms with Crippen LogP contribution < -0.4 is 10.1 Å². The molecule has 0 bridgehead atoms. The van der Waals surface area contributed by atoms with Crippen LogP contribution in [0.5, 0.6) is 5.75 Å². The summed E-state index contributed by atoms with van der Waals surface area (Å²) in [6, 6.07) is 15.5. The third-order valence-electron chi connectivity index (χ3n) is 5.37. The molecule has 156 valence electrons. The highest BCUT2D eigenvalue weighted by atomic mass is 16.5. The lowest BCUT2D eigenvalue weighted by Crippen LogP contribution is -2.40. The molecule has 1 atom stereocenters. The van der Waals surface area contributed by atoms with Crippen molar-refractivity contribution >= 4 is 11.6 Å². The van der Waals surface area contributed by atoms with Gasteiger partial charge in [-0.25, -0.2) is 0 Å². The van der Waals surface area contributed by atoms with Crippen LogP contribution in [0.3, 0.4) is 0 Å². The number of hydrogen-bond donors (Lipinski definition) is 1. The highest BCUT2D eigenvalue weighted by molar-refractivity contribution is 5.94. The number of methoxy groups -OCH3 is 1. The number of amides is 1. The number of aryl methyl sites for hydroxylation is 1. The van der Waals surface area contributed by atoms with Gasteiger partial charge in [-0.1, -0.05) is 35.0 Å². The van der Waals surface area contributed by atoms with Gasteiger partial charge < -0.3 is 14.6 Å². The maximum Gasteiger partial charge on any atom is 0.257 e. The van der Waals surface area contributed by atoms with Crippen LogP contribution in [0.2, 0.25) is 0 Å². The monoisotopic (exact) mass is 406 g/mol. The number of likely N-dealkylation sites (tertiary alicyclic amines) is 1. The molecule has 3 aromatic rings. The van der Waals surface area contributed by atoms with E-state index in [9.17, 15) is 4.79 Å². The van der Waals surface area contributed by atoms with Crippen molar-refractivity contribution in [2.75, 3.05) is 25.5 Å². The summed E-state index contributed by atoms with van der Waals surface area (Å²) in [5.74, 6) is 1.74. The number of aromatic nitrogens is 2. The van der Waals surface area contributed by atoms with E-state index in [1.165, 1.54) is 5.56 Å². The predicted molar refractivity (Wildman–Crippen MR) is 114 cm³/mol. The molecule has 1 aromatic heterocycles. The molecular weight excluding hydrogens is 380 g/mol. The van der Waals surface area contributed by atoms with E-state index in [0.29, 0.717) is 36.2 Å². The summed E-state index contributed by atoms with van der Waals surface area (Å²) in [4.78, 5) is 19.5. The minimum absolute atomic E-state index is 0.0117. The van der Waals surface area contributed by atoms with Crippen molar-refractivity contribution in [1.82, 2.24) is 15.0 Å². The second kappa shape index (κ2) is 9.09. The molecule has 1 aliphatic rings. The largest absolute Gasteiger partial charge is 0.495 e. The summed E-state index contributed by atoms with van der Waals surface area (Å²) in [6.07, 6.45) is 1.81. The summed E-state index contributed by atoms with van der Waals surface area (Å²) >= 11 is 0. The summed E-state index contributed by atoms with van der Waals surface area (Å²) in [5.41, 5.74) is 2.79. The SMILES string of the molecule is COc1ccccc1NC(=O)[C@H]1CCCN(Cc2noc(-c3ccc(C)cc3)n2)C1. The van der Waals surface area contributed by atoms with Gasteiger partial charge in [0.25, 0.3) is 5.89 Å². The Morgan fingerprint density at radius 1 is 1.23 bits per heavy atom. The fraction of sp³-hybridized carbons (Fsp3) is 0.348. The first-order valence-corrected chi connectivity index (χ1v) is 10.2. The van der Waals surface area contributed by atoms with E-state index in [-0.39, 0.29) is 11.8 Å². The zero-order valence-electron chi connectivity index (χ0n) is 17.3. The van der Waals surface area contributed by atoms with Crippen LogP contribution in [-0.4, -0.2) is 41.1 Å². The van der Waals surface area contributed by atoms with E-state index >= 15 is 0 Å². The molecule has 1 saturated heterocycles. The molecule has 1 aliphatic heterocycles. The van der Waals surface area contributed by atoms with Crippen LogP contribution >= 0.6 is 0 Å². The molecule has 1 amide bonds. The number of benzene rings is 2. The fourth-order valence-corrected chi connectivity index (χ4v) is 3.73. The van der Waals surface area contributed by atoms with Crippen molar-refractivity contribution in [2.24, 2.45) is 5.92 Å². The molecule has 7 heteroatoms. The second-order valence-electron chi connectivity index (χ2n) is 7.65. The lowest BCUT2D eigenvalue weighted by molar-refractivity contribution is -0.121. The van der Waals surface area contributed by atoms with Crippen LogP contribution in [0.1, 0.15) is 24.2 Å². The number of carbonyl (C=O) groups is 1. The van der Waals surface area contributed by atoms with E-state index < -0.39 is 0 Å². The van der Waals surface area contributed by atoms with Gasteiger partial charge >= 0.3 is 0 Å². The van der Waals surface area contributed by atoms with Crippen molar-refractivity contribution in [3.8, 4) is 17.2 Å². The van der Waals surface area contributed by atoms with Gasteiger partial charge in [-0.05, 0) is 50.6 Å². The molecule has 0 radical (unpaired) electrons. The van der Waals surface area contributed by atoms with Crippen molar-refractivity contribution in [3.05, 3.63) is 59.9 Å². The lowest BCUT2D eigenvalue weighted by Gasteiger charge is -2.31. The first-order valence-electron chi connectivity index (χ1n) is 10.2. The smallest absolute Gasteiger partial charge is 0.257 e. The predicted octanol–water partition coefficient (Wildman–Crippen LogP) is 3.90. The maximum atomic E-state index is 12.8. The van der Waals surface area contributed by atoms with Crippen molar-refractivity contribution in [3.63, 3.8) is 0 Å². The summed E-state index contributed by atoms with van der Waals surface area (Å²) in [7, 11) is 1.60. The third-order valence-corrected chi connectivity index (χ3v) is 5.37. The Morgan fingerprint density at radius 2 is 2.03 bits per heavy atom. The van der Waals surface area contributed by atoms with Gasteiger partial charge in [0.1, 0.15) is 5.75 Å². The van der Waals surface area contributed by atoms with Gasteiger partial charge in [0, 0.05) is 12.1 Å². The number of carbonyl (C=O) groups excluding carboxylic acids is 1. The Hall–Kier alpha value is -3.19. The molecule has 0 aliphatic carbocycles. The van der Waals surface area contributed by atoms with Gasteiger partial charge in [-0.2, -0.15) is 4.98 Å². The van der Waals surface area contributed by atoms with E-state index in [1.54, 1.807) is 7.11 Å². The highest BCUT2D eigenvalue weighted by Crippen LogP contribution is 2.26. The van der Waals surface area contributed by atoms with E-state index in [4.69, 9.17) is 9.26 Å². The van der Waals surface area contributed by atoms with Crippen molar-refractivity contribution < 1.29 is 14.1 Å². The molecule has 30 heavy (non-hydrogen) atoms.